The molecule has 1 amide bonds. The van der Waals surface area contributed by atoms with Gasteiger partial charge < -0.3 is 5.32 Å². The van der Waals surface area contributed by atoms with Gasteiger partial charge in [-0.05, 0) is 76.7 Å². The summed E-state index contributed by atoms with van der Waals surface area (Å²) in [6, 6.07) is 21.1. The van der Waals surface area contributed by atoms with E-state index in [0.717, 1.165) is 26.1 Å². The highest BCUT2D eigenvalue weighted by molar-refractivity contribution is 14.1. The van der Waals surface area contributed by atoms with Gasteiger partial charge in [0, 0.05) is 39.0 Å². The second-order valence-corrected chi connectivity index (χ2v) is 7.43. The Bertz CT molecular complexity index is 1080. The van der Waals surface area contributed by atoms with Crippen molar-refractivity contribution in [2.45, 2.75) is 6.54 Å². The van der Waals surface area contributed by atoms with Crippen molar-refractivity contribution in [1.82, 2.24) is 14.8 Å². The van der Waals surface area contributed by atoms with Gasteiger partial charge >= 0.3 is 0 Å². The molecule has 0 aliphatic carbocycles. The van der Waals surface area contributed by atoms with Crippen molar-refractivity contribution in [1.29, 1.82) is 0 Å². The number of pyridine rings is 1. The van der Waals surface area contributed by atoms with Gasteiger partial charge in [0.05, 0.1) is 12.2 Å². The first-order chi connectivity index (χ1) is 13.7. The van der Waals surface area contributed by atoms with Crippen molar-refractivity contribution >= 4 is 34.2 Å². The molecule has 0 fully saturated rings. The number of carbonyl (C=O) groups is 1. The van der Waals surface area contributed by atoms with Crippen molar-refractivity contribution in [3.8, 4) is 11.3 Å². The number of benzene rings is 2. The molecule has 2 aromatic heterocycles. The van der Waals surface area contributed by atoms with Crippen LogP contribution in [0.15, 0.2) is 85.3 Å². The lowest BCUT2D eigenvalue weighted by atomic mass is 10.1. The highest BCUT2D eigenvalue weighted by Crippen LogP contribution is 2.27. The number of halogens is 1. The van der Waals surface area contributed by atoms with Crippen LogP contribution in [0.5, 0.6) is 0 Å². The number of hydrogen-bond acceptors (Lipinski definition) is 3. The third kappa shape index (κ3) is 4.28. The van der Waals surface area contributed by atoms with E-state index < -0.39 is 0 Å². The van der Waals surface area contributed by atoms with E-state index in [2.05, 4.69) is 38.0 Å². The summed E-state index contributed by atoms with van der Waals surface area (Å²) in [5, 5.41) is 7.17. The van der Waals surface area contributed by atoms with Crippen LogP contribution in [-0.4, -0.2) is 20.7 Å². The number of rotatable bonds is 5. The fourth-order valence-electron chi connectivity index (χ4n) is 2.87. The first-order valence-corrected chi connectivity index (χ1v) is 9.85. The average molecular weight is 480 g/mol. The molecule has 0 aliphatic rings. The molecular formula is C22H17IN4O. The Labute approximate surface area is 176 Å². The topological polar surface area (TPSA) is 59.8 Å². The SMILES string of the molecule is O=C(Nc1ccc(I)c(-c2ccccn2)c1)c1ccc(Cn2cccn2)cc1. The summed E-state index contributed by atoms with van der Waals surface area (Å²) in [5.74, 6) is -0.140. The fourth-order valence-corrected chi connectivity index (χ4v) is 3.48. The Morgan fingerprint density at radius 2 is 1.86 bits per heavy atom. The molecule has 2 aromatic carbocycles. The van der Waals surface area contributed by atoms with Crippen molar-refractivity contribution in [2.24, 2.45) is 0 Å². The van der Waals surface area contributed by atoms with Gasteiger partial charge in [-0.25, -0.2) is 0 Å². The summed E-state index contributed by atoms with van der Waals surface area (Å²) < 4.78 is 2.93. The maximum absolute atomic E-state index is 12.6. The van der Waals surface area contributed by atoms with Crippen LogP contribution in [0, 0.1) is 3.57 Å². The second-order valence-electron chi connectivity index (χ2n) is 6.26. The summed E-state index contributed by atoms with van der Waals surface area (Å²) in [7, 11) is 0. The molecule has 2 heterocycles. The normalized spacial score (nSPS) is 10.6. The Hall–Kier alpha value is -3.00. The molecule has 0 bridgehead atoms. The highest BCUT2D eigenvalue weighted by Gasteiger charge is 2.10. The van der Waals surface area contributed by atoms with Crippen LogP contribution in [0.25, 0.3) is 11.3 Å². The molecule has 4 aromatic rings. The summed E-state index contributed by atoms with van der Waals surface area (Å²) in [6.45, 7) is 0.680. The molecule has 138 valence electrons. The van der Waals surface area contributed by atoms with Crippen molar-refractivity contribution < 1.29 is 4.79 Å². The lowest BCUT2D eigenvalue weighted by Crippen LogP contribution is -2.12. The molecule has 0 saturated carbocycles. The molecule has 0 saturated heterocycles. The first-order valence-electron chi connectivity index (χ1n) is 8.78. The molecule has 0 atom stereocenters. The van der Waals surface area contributed by atoms with Gasteiger partial charge in [-0.2, -0.15) is 5.10 Å². The van der Waals surface area contributed by atoms with Gasteiger partial charge in [0.25, 0.3) is 5.91 Å². The molecule has 0 unspecified atom stereocenters. The average Bonchev–Trinajstić information content (AvgIpc) is 3.23. The van der Waals surface area contributed by atoms with Gasteiger partial charge in [-0.1, -0.05) is 18.2 Å². The van der Waals surface area contributed by atoms with Gasteiger partial charge in [0.1, 0.15) is 0 Å². The number of aromatic nitrogens is 3. The van der Waals surface area contributed by atoms with Crippen LogP contribution in [0.1, 0.15) is 15.9 Å². The quantitative estimate of drug-likeness (QED) is 0.416. The van der Waals surface area contributed by atoms with Crippen LogP contribution < -0.4 is 5.32 Å². The van der Waals surface area contributed by atoms with E-state index in [4.69, 9.17) is 0 Å². The largest absolute Gasteiger partial charge is 0.322 e. The predicted molar refractivity (Wildman–Crippen MR) is 118 cm³/mol. The van der Waals surface area contributed by atoms with E-state index >= 15 is 0 Å². The van der Waals surface area contributed by atoms with E-state index in [9.17, 15) is 4.79 Å². The summed E-state index contributed by atoms with van der Waals surface area (Å²) in [5.41, 5.74) is 4.32. The number of carbonyl (C=O) groups excluding carboxylic acids is 1. The summed E-state index contributed by atoms with van der Waals surface area (Å²) in [4.78, 5) is 17.0. The van der Waals surface area contributed by atoms with Crippen LogP contribution in [0.4, 0.5) is 5.69 Å². The Morgan fingerprint density at radius 3 is 2.57 bits per heavy atom. The zero-order valence-electron chi connectivity index (χ0n) is 14.9. The maximum Gasteiger partial charge on any atom is 0.255 e. The maximum atomic E-state index is 12.6. The van der Waals surface area contributed by atoms with Crippen LogP contribution >= 0.6 is 22.6 Å². The number of anilines is 1. The number of nitrogens with one attached hydrogen (secondary N) is 1. The van der Waals surface area contributed by atoms with Crippen molar-refractivity contribution in [3.05, 3.63) is 100 Å². The molecule has 28 heavy (non-hydrogen) atoms. The van der Waals surface area contributed by atoms with Crippen LogP contribution in [0.3, 0.4) is 0 Å². The number of amides is 1. The molecule has 0 radical (unpaired) electrons. The zero-order valence-corrected chi connectivity index (χ0v) is 17.1. The number of hydrogen-bond donors (Lipinski definition) is 1. The summed E-state index contributed by atoms with van der Waals surface area (Å²) >= 11 is 2.28. The molecular weight excluding hydrogens is 463 g/mol. The number of nitrogens with zero attached hydrogens (tertiary/aromatic N) is 3. The first kappa shape index (κ1) is 18.4. The monoisotopic (exact) mass is 480 g/mol. The molecule has 4 rings (SSSR count). The Kier molecular flexibility index (Phi) is 5.48. The smallest absolute Gasteiger partial charge is 0.255 e. The summed E-state index contributed by atoms with van der Waals surface area (Å²) in [6.07, 6.45) is 5.43. The second kappa shape index (κ2) is 8.35. The minimum Gasteiger partial charge on any atom is -0.322 e. The fraction of sp³-hybridized carbons (Fsp3) is 0.0455. The Balaban J connectivity index is 1.49. The molecule has 0 spiro atoms. The van der Waals surface area contributed by atoms with Crippen LogP contribution in [0.2, 0.25) is 0 Å². The lowest BCUT2D eigenvalue weighted by molar-refractivity contribution is 0.102. The van der Waals surface area contributed by atoms with E-state index in [1.165, 1.54) is 0 Å². The van der Waals surface area contributed by atoms with Gasteiger partial charge in [-0.3, -0.25) is 14.5 Å². The molecule has 1 N–H and O–H groups in total. The molecule has 5 nitrogen and oxygen atoms in total. The zero-order chi connectivity index (χ0) is 19.3. The lowest BCUT2D eigenvalue weighted by Gasteiger charge is -2.10. The van der Waals surface area contributed by atoms with Gasteiger partial charge in [0.15, 0.2) is 0 Å². The minimum absolute atomic E-state index is 0.140. The minimum atomic E-state index is -0.140. The van der Waals surface area contributed by atoms with E-state index in [-0.39, 0.29) is 5.91 Å². The predicted octanol–water partition coefficient (Wildman–Crippen LogP) is 4.85. The Morgan fingerprint density at radius 1 is 1.00 bits per heavy atom. The molecule has 6 heteroatoms. The van der Waals surface area contributed by atoms with Gasteiger partial charge in [-0.15, -0.1) is 0 Å². The van der Waals surface area contributed by atoms with Crippen LogP contribution in [-0.2, 0) is 6.54 Å². The van der Waals surface area contributed by atoms with E-state index in [1.807, 2.05) is 77.6 Å². The van der Waals surface area contributed by atoms with Crippen molar-refractivity contribution in [2.75, 3.05) is 5.32 Å². The van der Waals surface area contributed by atoms with Crippen molar-refractivity contribution in [3.63, 3.8) is 0 Å². The third-order valence-electron chi connectivity index (χ3n) is 4.28. The third-order valence-corrected chi connectivity index (χ3v) is 5.23. The molecule has 0 aliphatic heterocycles. The highest BCUT2D eigenvalue weighted by atomic mass is 127. The van der Waals surface area contributed by atoms with E-state index in [1.54, 1.807) is 12.4 Å². The standard InChI is InChI=1S/C22H17IN4O/c23-20-10-9-18(14-19(20)21-4-1-2-11-24-21)26-22(28)17-7-5-16(6-8-17)15-27-13-3-12-25-27/h1-14H,15H2,(H,26,28). The van der Waals surface area contributed by atoms with E-state index in [0.29, 0.717) is 12.1 Å². The van der Waals surface area contributed by atoms with Gasteiger partial charge in [0.2, 0.25) is 0 Å².